The van der Waals surface area contributed by atoms with Crippen molar-refractivity contribution >= 4 is 15.9 Å². The first kappa shape index (κ1) is 10.1. The van der Waals surface area contributed by atoms with Gasteiger partial charge in [0, 0.05) is 0 Å². The molecule has 0 aliphatic heterocycles. The van der Waals surface area contributed by atoms with Crippen LogP contribution in [0.25, 0.3) is 0 Å². The molecule has 3 heteroatoms. The molecule has 0 unspecified atom stereocenters. The molecule has 0 aliphatic rings. The van der Waals surface area contributed by atoms with E-state index in [-0.39, 0.29) is 5.75 Å². The zero-order valence-electron chi connectivity index (χ0n) is 7.85. The van der Waals surface area contributed by atoms with Crippen molar-refractivity contribution < 1.29 is 9.84 Å². The van der Waals surface area contributed by atoms with E-state index in [1.54, 1.807) is 12.1 Å². The van der Waals surface area contributed by atoms with Gasteiger partial charge in [0.1, 0.15) is 5.75 Å². The van der Waals surface area contributed by atoms with Gasteiger partial charge in [0.25, 0.3) is 0 Å². The minimum atomic E-state index is 0.119. The lowest BCUT2D eigenvalue weighted by molar-refractivity contribution is 0.409. The summed E-state index contributed by atoms with van der Waals surface area (Å²) in [6, 6.07) is 14.5. The molecule has 0 bridgehead atoms. The maximum atomic E-state index is 9.60. The first-order chi connectivity index (χ1) is 7.27. The normalized spacial score (nSPS) is 9.93. The summed E-state index contributed by atoms with van der Waals surface area (Å²) in [6.07, 6.45) is 0. The maximum Gasteiger partial charge on any atom is 0.183 e. The molecule has 0 radical (unpaired) electrons. The highest BCUT2D eigenvalue weighted by molar-refractivity contribution is 9.10. The molecular weight excluding hydrogens is 256 g/mol. The second-order valence-electron chi connectivity index (χ2n) is 3.00. The number of ether oxygens (including phenoxy) is 1. The Kier molecular flexibility index (Phi) is 2.92. The van der Waals surface area contributed by atoms with Gasteiger partial charge in [0.2, 0.25) is 0 Å². The topological polar surface area (TPSA) is 29.5 Å². The van der Waals surface area contributed by atoms with Gasteiger partial charge in [-0.05, 0) is 40.2 Å². The molecule has 0 heterocycles. The smallest absolute Gasteiger partial charge is 0.183 e. The molecule has 0 aliphatic carbocycles. The van der Waals surface area contributed by atoms with Gasteiger partial charge in [-0.15, -0.1) is 0 Å². The number of rotatable bonds is 2. The molecular formula is C12H9BrO2. The third-order valence-corrected chi connectivity index (χ3v) is 2.53. The molecule has 0 aromatic heterocycles. The standard InChI is InChI=1S/C12H9BrO2/c13-10-7-4-8-11(14)12(10)15-9-5-2-1-3-6-9/h1-8,14H. The van der Waals surface area contributed by atoms with Crippen LogP contribution >= 0.6 is 15.9 Å². The van der Waals surface area contributed by atoms with Crippen molar-refractivity contribution in [2.45, 2.75) is 0 Å². The summed E-state index contributed by atoms with van der Waals surface area (Å²) in [5.74, 6) is 1.25. The number of aromatic hydroxyl groups is 1. The highest BCUT2D eigenvalue weighted by Crippen LogP contribution is 2.37. The molecule has 0 spiro atoms. The monoisotopic (exact) mass is 264 g/mol. The van der Waals surface area contributed by atoms with Gasteiger partial charge < -0.3 is 9.84 Å². The predicted molar refractivity (Wildman–Crippen MR) is 62.3 cm³/mol. The van der Waals surface area contributed by atoms with Crippen molar-refractivity contribution in [3.63, 3.8) is 0 Å². The summed E-state index contributed by atoms with van der Waals surface area (Å²) in [7, 11) is 0. The van der Waals surface area contributed by atoms with E-state index in [9.17, 15) is 5.11 Å². The zero-order valence-corrected chi connectivity index (χ0v) is 9.44. The molecule has 0 amide bonds. The summed E-state index contributed by atoms with van der Waals surface area (Å²) in [6.45, 7) is 0. The van der Waals surface area contributed by atoms with Crippen LogP contribution in [0.15, 0.2) is 53.0 Å². The zero-order chi connectivity index (χ0) is 10.7. The second-order valence-corrected chi connectivity index (χ2v) is 3.86. The second kappa shape index (κ2) is 4.36. The number of halogens is 1. The van der Waals surface area contributed by atoms with E-state index >= 15 is 0 Å². The van der Waals surface area contributed by atoms with Crippen molar-refractivity contribution in [1.29, 1.82) is 0 Å². The average molecular weight is 265 g/mol. The van der Waals surface area contributed by atoms with Crippen molar-refractivity contribution in [3.05, 3.63) is 53.0 Å². The van der Waals surface area contributed by atoms with E-state index in [2.05, 4.69) is 15.9 Å². The van der Waals surface area contributed by atoms with Crippen LogP contribution in [0.5, 0.6) is 17.2 Å². The first-order valence-electron chi connectivity index (χ1n) is 4.48. The first-order valence-corrected chi connectivity index (χ1v) is 5.27. The Morgan fingerprint density at radius 2 is 1.67 bits per heavy atom. The fourth-order valence-corrected chi connectivity index (χ4v) is 1.64. The van der Waals surface area contributed by atoms with Gasteiger partial charge in [-0.25, -0.2) is 0 Å². The Bertz CT molecular complexity index is 434. The van der Waals surface area contributed by atoms with E-state index in [0.29, 0.717) is 11.5 Å². The Balaban J connectivity index is 2.32. The van der Waals surface area contributed by atoms with Crippen molar-refractivity contribution in [2.75, 3.05) is 0 Å². The molecule has 15 heavy (non-hydrogen) atoms. The van der Waals surface area contributed by atoms with Crippen LogP contribution in [0.1, 0.15) is 0 Å². The molecule has 0 atom stereocenters. The van der Waals surface area contributed by atoms with E-state index in [1.807, 2.05) is 36.4 Å². The van der Waals surface area contributed by atoms with Crippen LogP contribution < -0.4 is 4.74 Å². The minimum absolute atomic E-state index is 0.119. The Morgan fingerprint density at radius 3 is 2.33 bits per heavy atom. The molecule has 2 aromatic rings. The molecule has 2 aromatic carbocycles. The third kappa shape index (κ3) is 2.30. The molecule has 76 valence electrons. The number of phenols is 1. The van der Waals surface area contributed by atoms with Gasteiger partial charge in [0.15, 0.2) is 11.5 Å². The third-order valence-electron chi connectivity index (χ3n) is 1.91. The summed E-state index contributed by atoms with van der Waals surface area (Å²) in [4.78, 5) is 0. The maximum absolute atomic E-state index is 9.60. The SMILES string of the molecule is Oc1cccc(Br)c1Oc1ccccc1. The quantitative estimate of drug-likeness (QED) is 0.890. The van der Waals surface area contributed by atoms with Crippen LogP contribution in [0.3, 0.4) is 0 Å². The minimum Gasteiger partial charge on any atom is -0.504 e. The van der Waals surface area contributed by atoms with Crippen molar-refractivity contribution in [2.24, 2.45) is 0 Å². The van der Waals surface area contributed by atoms with Crippen LogP contribution in [0.4, 0.5) is 0 Å². The lowest BCUT2D eigenvalue weighted by atomic mass is 10.3. The lowest BCUT2D eigenvalue weighted by Crippen LogP contribution is -1.85. The fourth-order valence-electron chi connectivity index (χ4n) is 1.20. The van der Waals surface area contributed by atoms with Crippen LogP contribution in [0.2, 0.25) is 0 Å². The summed E-state index contributed by atoms with van der Waals surface area (Å²) in [5, 5.41) is 9.60. The molecule has 0 fully saturated rings. The van der Waals surface area contributed by atoms with Crippen molar-refractivity contribution in [3.8, 4) is 17.2 Å². The largest absolute Gasteiger partial charge is 0.504 e. The van der Waals surface area contributed by atoms with Gasteiger partial charge in [0.05, 0.1) is 4.47 Å². The van der Waals surface area contributed by atoms with Crippen LogP contribution in [-0.4, -0.2) is 5.11 Å². The summed E-state index contributed by atoms with van der Waals surface area (Å²) < 4.78 is 6.27. The van der Waals surface area contributed by atoms with E-state index in [1.165, 1.54) is 0 Å². The molecule has 0 saturated heterocycles. The van der Waals surface area contributed by atoms with Gasteiger partial charge >= 0.3 is 0 Å². The van der Waals surface area contributed by atoms with E-state index < -0.39 is 0 Å². The summed E-state index contributed by atoms with van der Waals surface area (Å²) >= 11 is 3.32. The van der Waals surface area contributed by atoms with E-state index in [0.717, 1.165) is 4.47 Å². The molecule has 0 saturated carbocycles. The van der Waals surface area contributed by atoms with Gasteiger partial charge in [-0.1, -0.05) is 24.3 Å². The summed E-state index contributed by atoms with van der Waals surface area (Å²) in [5.41, 5.74) is 0. The predicted octanol–water partition coefficient (Wildman–Crippen LogP) is 3.95. The Labute approximate surface area is 96.3 Å². The average Bonchev–Trinajstić information content (AvgIpc) is 2.25. The Morgan fingerprint density at radius 1 is 0.933 bits per heavy atom. The highest BCUT2D eigenvalue weighted by atomic mass is 79.9. The lowest BCUT2D eigenvalue weighted by Gasteiger charge is -2.08. The van der Waals surface area contributed by atoms with Gasteiger partial charge in [-0.3, -0.25) is 0 Å². The van der Waals surface area contributed by atoms with E-state index in [4.69, 9.17) is 4.74 Å². The molecule has 1 N–H and O–H groups in total. The molecule has 2 rings (SSSR count). The van der Waals surface area contributed by atoms with Crippen LogP contribution in [0, 0.1) is 0 Å². The number of para-hydroxylation sites is 2. The fraction of sp³-hybridized carbons (Fsp3) is 0. The van der Waals surface area contributed by atoms with Gasteiger partial charge in [-0.2, -0.15) is 0 Å². The van der Waals surface area contributed by atoms with Crippen LogP contribution in [-0.2, 0) is 0 Å². The Hall–Kier alpha value is -1.48. The number of phenolic OH excluding ortho intramolecular Hbond substituents is 1. The number of hydrogen-bond acceptors (Lipinski definition) is 2. The van der Waals surface area contributed by atoms with Crippen molar-refractivity contribution in [1.82, 2.24) is 0 Å². The molecule has 2 nitrogen and oxygen atoms in total. The number of benzene rings is 2. The highest BCUT2D eigenvalue weighted by Gasteiger charge is 2.07. The number of hydrogen-bond donors (Lipinski definition) is 1.